The van der Waals surface area contributed by atoms with Crippen LogP contribution in [-0.2, 0) is 52.2 Å². The van der Waals surface area contributed by atoms with Gasteiger partial charge in [-0.2, -0.15) is 9.40 Å². The molecule has 4 aromatic carbocycles. The highest BCUT2D eigenvalue weighted by Gasteiger charge is 2.36. The third-order valence-electron chi connectivity index (χ3n) is 17.3. The van der Waals surface area contributed by atoms with Crippen molar-refractivity contribution >= 4 is 57.4 Å². The number of piperazine rings is 2. The molecule has 5 aromatic rings. The number of benzene rings is 4. The van der Waals surface area contributed by atoms with Crippen molar-refractivity contribution in [1.29, 1.82) is 0 Å². The lowest BCUT2D eigenvalue weighted by molar-refractivity contribution is -0.926. The molecule has 0 bridgehead atoms. The molecule has 9 rings (SSSR count). The summed E-state index contributed by atoms with van der Waals surface area (Å²) < 4.78 is 63.3. The molecule has 7 atom stereocenters. The maximum atomic E-state index is 15.3. The number of carbonyl (C=O) groups is 5. The van der Waals surface area contributed by atoms with Crippen molar-refractivity contribution in [3.05, 3.63) is 149 Å². The number of esters is 1. The van der Waals surface area contributed by atoms with Gasteiger partial charge in [-0.25, -0.2) is 22.4 Å². The highest BCUT2D eigenvalue weighted by Crippen LogP contribution is 2.44. The van der Waals surface area contributed by atoms with Crippen molar-refractivity contribution < 1.29 is 60.6 Å². The van der Waals surface area contributed by atoms with E-state index in [0.29, 0.717) is 79.2 Å². The molecule has 4 N–H and O–H groups in total. The van der Waals surface area contributed by atoms with Crippen molar-refractivity contribution in [2.75, 3.05) is 76.2 Å². The Labute approximate surface area is 515 Å². The number of hydrogen-bond donors (Lipinski definition) is 4. The van der Waals surface area contributed by atoms with E-state index in [9.17, 15) is 37.5 Å². The van der Waals surface area contributed by atoms with Gasteiger partial charge < -0.3 is 44.7 Å². The van der Waals surface area contributed by atoms with Crippen LogP contribution in [0.4, 0.5) is 25.4 Å². The van der Waals surface area contributed by atoms with Crippen LogP contribution in [-0.4, -0.2) is 163 Å². The molecule has 3 aliphatic heterocycles. The van der Waals surface area contributed by atoms with Gasteiger partial charge >= 0.3 is 18.2 Å². The normalized spacial score (nSPS) is 22.2. The number of sulfonamides is 1. The molecule has 1 aliphatic carbocycles. The first-order chi connectivity index (χ1) is 41.9. The molecule has 2 unspecified atom stereocenters. The van der Waals surface area contributed by atoms with E-state index >= 15 is 4.39 Å². The van der Waals surface area contributed by atoms with Gasteiger partial charge in [-0.1, -0.05) is 101 Å². The number of likely N-dealkylation sites (N-methyl/N-ethyl adjacent to an activating group) is 1. The van der Waals surface area contributed by atoms with Gasteiger partial charge in [0.2, 0.25) is 21.8 Å². The van der Waals surface area contributed by atoms with Gasteiger partial charge in [0.1, 0.15) is 48.2 Å². The Morgan fingerprint density at radius 1 is 0.864 bits per heavy atom. The lowest BCUT2D eigenvalue weighted by Gasteiger charge is -2.42. The second kappa shape index (κ2) is 28.1. The van der Waals surface area contributed by atoms with Crippen molar-refractivity contribution in [3.8, 4) is 11.1 Å². The summed E-state index contributed by atoms with van der Waals surface area (Å²) in [6, 6.07) is 26.3. The number of nitrogens with zero attached hydrogens (tertiary/aromatic N) is 6. The highest BCUT2D eigenvalue weighted by molar-refractivity contribution is 7.89. The summed E-state index contributed by atoms with van der Waals surface area (Å²) in [6.45, 7) is 14.8. The highest BCUT2D eigenvalue weighted by atomic mass is 32.2. The molecule has 0 spiro atoms. The van der Waals surface area contributed by atoms with E-state index in [1.807, 2.05) is 97.6 Å². The Morgan fingerprint density at radius 3 is 2.16 bits per heavy atom. The largest absolute Gasteiger partial charge is 0.457 e. The molecule has 0 radical (unpaired) electrons. The predicted molar refractivity (Wildman–Crippen MR) is 332 cm³/mol. The molecule has 2 fully saturated rings. The third kappa shape index (κ3) is 15.8. The number of aliphatic hydroxyl groups excluding tert-OH is 1. The minimum atomic E-state index is -3.74. The number of aromatic nitrogens is 2. The maximum absolute atomic E-state index is 15.3. The number of ether oxygens (including phenoxy) is 3. The zero-order valence-corrected chi connectivity index (χ0v) is 52.3. The first kappa shape index (κ1) is 64.6. The number of fused-ring (bicyclic) bond motifs is 3. The van der Waals surface area contributed by atoms with Crippen LogP contribution in [0.15, 0.2) is 126 Å². The van der Waals surface area contributed by atoms with E-state index in [1.165, 1.54) is 33.5 Å². The minimum Gasteiger partial charge on any atom is -0.457 e. The number of carbonyl (C=O) groups excluding carboxylic acids is 5. The zero-order chi connectivity index (χ0) is 63.0. The number of amides is 4. The Bertz CT molecular complexity index is 3460. The fraction of sp³-hybridized carbons (Fsp3) is 0.455. The van der Waals surface area contributed by atoms with Gasteiger partial charge in [-0.15, -0.1) is 0 Å². The predicted octanol–water partition coefficient (Wildman–Crippen LogP) is 8.23. The Kier molecular flexibility index (Phi) is 20.6. The molecular weight excluding hydrogens is 1150 g/mol. The molecule has 88 heavy (non-hydrogen) atoms. The summed E-state index contributed by atoms with van der Waals surface area (Å²) in [7, 11) is 0.0475. The van der Waals surface area contributed by atoms with E-state index in [2.05, 4.69) is 40.2 Å². The molecule has 2 saturated heterocycles. The summed E-state index contributed by atoms with van der Waals surface area (Å²) in [5.41, 5.74) is 7.66. The second-order valence-corrected chi connectivity index (χ2v) is 26.5. The fourth-order valence-corrected chi connectivity index (χ4v) is 13.5. The monoisotopic (exact) mass is 1230 g/mol. The Balaban J connectivity index is 0.749. The molecule has 4 heterocycles. The van der Waals surface area contributed by atoms with E-state index in [-0.39, 0.29) is 55.2 Å². The van der Waals surface area contributed by atoms with Crippen molar-refractivity contribution in [2.45, 2.75) is 109 Å². The number of hydrogen-bond acceptors (Lipinski definition) is 13. The van der Waals surface area contributed by atoms with Crippen LogP contribution in [0.25, 0.3) is 17.2 Å². The number of nitrogens with one attached hydrogen (secondary N) is 3. The summed E-state index contributed by atoms with van der Waals surface area (Å²) in [4.78, 5) is 71.1. The third-order valence-corrected chi connectivity index (χ3v) is 19.2. The SMILES string of the molecule is C/C(=C\c1cc(F)cc(N2CCN(S(=O)(=O)c3cnn(C)c3)CC2)c1)[C@H]1OC(=O)C[C@H](O)CC[C@H](C)[C@@H](OC(=O)N2CC[N+](C)(Cc3ccc(NC(=O)C(C)NC(=O)C(NC(=O)OCC4c5ccccc5-c5ccccc54)C(C)C)cc3)CC2)/C=C/[C@@H]1C. The topological polar surface area (TPSA) is 231 Å². The molecule has 4 aliphatic rings. The van der Waals surface area contributed by atoms with Gasteiger partial charge in [0.15, 0.2) is 0 Å². The van der Waals surface area contributed by atoms with Gasteiger partial charge in [-0.05, 0) is 108 Å². The average molecular weight is 1230 g/mol. The van der Waals surface area contributed by atoms with Crippen LogP contribution in [0.5, 0.6) is 0 Å². The molecule has 1 aromatic heterocycles. The van der Waals surface area contributed by atoms with Gasteiger partial charge in [0, 0.05) is 68.2 Å². The zero-order valence-electron chi connectivity index (χ0n) is 51.4. The second-order valence-electron chi connectivity index (χ2n) is 24.6. The van der Waals surface area contributed by atoms with E-state index in [4.69, 9.17) is 14.2 Å². The number of anilines is 2. The lowest BCUT2D eigenvalue weighted by atomic mass is 9.91. The van der Waals surface area contributed by atoms with Crippen molar-refractivity contribution in [3.63, 3.8) is 0 Å². The number of aliphatic hydroxyl groups is 1. The van der Waals surface area contributed by atoms with E-state index in [0.717, 1.165) is 27.8 Å². The van der Waals surface area contributed by atoms with Crippen LogP contribution in [0, 0.1) is 23.6 Å². The number of rotatable bonds is 16. The van der Waals surface area contributed by atoms with Gasteiger partial charge in [0.05, 0.1) is 51.9 Å². The van der Waals surface area contributed by atoms with Gasteiger partial charge in [0.25, 0.3) is 0 Å². The van der Waals surface area contributed by atoms with Gasteiger partial charge in [-0.3, -0.25) is 24.0 Å². The Hall–Kier alpha value is -7.92. The smallest absolute Gasteiger partial charge is 0.410 e. The first-order valence-corrected chi connectivity index (χ1v) is 31.8. The molecule has 20 nitrogen and oxygen atoms in total. The molecule has 4 amide bonds. The Morgan fingerprint density at radius 2 is 1.52 bits per heavy atom. The summed E-state index contributed by atoms with van der Waals surface area (Å²) >= 11 is 0. The van der Waals surface area contributed by atoms with Crippen molar-refractivity contribution in [1.82, 2.24) is 29.6 Å². The maximum Gasteiger partial charge on any atom is 0.410 e. The summed E-state index contributed by atoms with van der Waals surface area (Å²) in [5.74, 6) is -3.09. The quantitative estimate of drug-likeness (QED) is 0.0316. The first-order valence-electron chi connectivity index (χ1n) is 30.3. The molecule has 22 heteroatoms. The van der Waals surface area contributed by atoms with Crippen LogP contribution in [0.2, 0.25) is 0 Å². The molecule has 0 saturated carbocycles. The average Bonchev–Trinajstić information content (AvgIpc) is 1.71. The molecule has 470 valence electrons. The fourth-order valence-electron chi connectivity index (χ4n) is 12.1. The number of cyclic esters (lactones) is 1. The summed E-state index contributed by atoms with van der Waals surface area (Å²) in [5, 5.41) is 23.3. The van der Waals surface area contributed by atoms with Crippen LogP contribution in [0.1, 0.15) is 89.0 Å². The van der Waals surface area contributed by atoms with Crippen LogP contribution >= 0.6 is 0 Å². The standard InChI is InChI=1S/C66H82FN9O11S/c1-42(2)61(71-65(81)85-41-58-56-15-11-9-13-54(56)55-14-10-12-16-57(55)58)64(80)69-46(6)63(79)70-50-21-19-47(20-22-50)40-76(8)31-29-74(30-32-76)66(82)86-59-24-18-44(4)62(87-60(78)37-52(77)23-17-43(59)3)45(5)33-48-34-49(67)36-51(35-48)73-25-27-75(28-26-73)88(83,84)53-38-68-72(7)39-53/h9-16,18-22,24,33-36,38-39,42-44,46,52,58-59,61-62,77H,17,23,25-32,37,40-41H2,1-8H3,(H2-,69,70,71,79,80,81)/p+1/b24-18+,45-33+/t43-,44-,46?,52+,59-,61?,62-/m0/s1. The van der Waals surface area contributed by atoms with Crippen LogP contribution < -0.4 is 20.9 Å². The minimum absolute atomic E-state index is 0.0975. The lowest BCUT2D eigenvalue weighted by Crippen LogP contribution is -2.58. The summed E-state index contributed by atoms with van der Waals surface area (Å²) in [6.07, 6.45) is 5.11. The van der Waals surface area contributed by atoms with E-state index < -0.39 is 82.1 Å². The molecular formula is C66H83FN9O11S+. The number of quaternary nitrogens is 1. The van der Waals surface area contributed by atoms with Crippen LogP contribution in [0.3, 0.4) is 0 Å². The van der Waals surface area contributed by atoms with E-state index in [1.54, 1.807) is 45.7 Å². The number of halogens is 1. The number of alkyl carbamates (subject to hydrolysis) is 1. The number of aryl methyl sites for hydroxylation is 1. The van der Waals surface area contributed by atoms with Crippen molar-refractivity contribution in [2.24, 2.45) is 24.8 Å².